The van der Waals surface area contributed by atoms with Crippen LogP contribution in [-0.2, 0) is 37.5 Å². The van der Waals surface area contributed by atoms with Crippen molar-refractivity contribution in [2.24, 2.45) is 0 Å². The van der Waals surface area contributed by atoms with Crippen LogP contribution in [0.5, 0.6) is 5.75 Å². The van der Waals surface area contributed by atoms with Gasteiger partial charge in [0.25, 0.3) is 0 Å². The molecule has 0 aliphatic heterocycles. The Morgan fingerprint density at radius 1 is 0.351 bits per heavy atom. The Morgan fingerprint density at radius 3 is 0.784 bits per heavy atom. The molecule has 0 bridgehead atoms. The fraction of sp³-hybridized carbons (Fsp3) is 0.129. The van der Waals surface area contributed by atoms with Crippen LogP contribution in [0.15, 0.2) is 249 Å². The minimum Gasteiger partial charge on any atom is -0.860 e. The van der Waals surface area contributed by atoms with E-state index in [-0.39, 0.29) is 18.2 Å². The van der Waals surface area contributed by atoms with E-state index in [1.165, 1.54) is 54.1 Å². The predicted molar refractivity (Wildman–Crippen MR) is 292 cm³/mol. The van der Waals surface area contributed by atoms with E-state index in [1.807, 2.05) is 0 Å². The molecule has 0 fully saturated rings. The second-order valence-electron chi connectivity index (χ2n) is 17.4. The first kappa shape index (κ1) is 55.0. The summed E-state index contributed by atoms with van der Waals surface area (Å²) < 4.78 is 77.5. The Kier molecular flexibility index (Phi) is 18.9. The Labute approximate surface area is 432 Å². The van der Waals surface area contributed by atoms with Gasteiger partial charge in [-0.05, 0) is 126 Å². The molecule has 0 aromatic heterocycles. The summed E-state index contributed by atoms with van der Waals surface area (Å²) in [7, 11) is -6.62. The summed E-state index contributed by atoms with van der Waals surface area (Å²) in [4.78, 5) is 0. The summed E-state index contributed by atoms with van der Waals surface area (Å²) in [6.45, 7) is 4.43. The third kappa shape index (κ3) is 13.9. The monoisotopic (exact) mass is 1030 g/mol. The standard InChI is InChI=1S/2C27H26P.C8H3BF6O3/c2*1-2-23-18-20-24(21-19-23)22-28(25-12-6-3-7-13-25,26-14-8-4-9-15-26)27-16-10-5-11-17-27;10-7(11,12)4-1-5(8(13,14)15)3-6(2-4)18-9(16)17/h2*3-21H,2,22H2,1H3;1-3H/q2*+1;-2. The number of alkyl halides is 6. The smallest absolute Gasteiger partial charge is 0.416 e. The number of rotatable bonds is 14. The number of hydrogen-bond acceptors (Lipinski definition) is 3. The van der Waals surface area contributed by atoms with Crippen LogP contribution in [0.2, 0.25) is 0 Å². The van der Waals surface area contributed by atoms with Crippen molar-refractivity contribution in [3.63, 3.8) is 0 Å². The van der Waals surface area contributed by atoms with Gasteiger partial charge in [0, 0.05) is 0 Å². The van der Waals surface area contributed by atoms with E-state index in [0.717, 1.165) is 25.2 Å². The van der Waals surface area contributed by atoms with Gasteiger partial charge in [0.05, 0.1) is 29.2 Å². The maximum atomic E-state index is 12.3. The van der Waals surface area contributed by atoms with Gasteiger partial charge in [0.15, 0.2) is 0 Å². The molecule has 9 rings (SSSR count). The van der Waals surface area contributed by atoms with Crippen LogP contribution >= 0.6 is 14.5 Å². The number of halogens is 6. The molecule has 74 heavy (non-hydrogen) atoms. The molecule has 12 heteroatoms. The van der Waals surface area contributed by atoms with E-state index in [9.17, 15) is 36.4 Å². The second kappa shape index (κ2) is 25.4. The van der Waals surface area contributed by atoms with E-state index in [0.29, 0.717) is 0 Å². The van der Waals surface area contributed by atoms with Crippen molar-refractivity contribution < 1.29 is 41.0 Å². The molecule has 0 unspecified atom stereocenters. The van der Waals surface area contributed by atoms with Crippen LogP contribution in [0, 0.1) is 0 Å². The summed E-state index contributed by atoms with van der Waals surface area (Å²) in [5, 5.41) is 28.8. The highest BCUT2D eigenvalue weighted by Crippen LogP contribution is 2.59. The van der Waals surface area contributed by atoms with E-state index in [1.54, 1.807) is 0 Å². The number of hydrogen-bond donors (Lipinski definition) is 0. The van der Waals surface area contributed by atoms with Gasteiger partial charge in [0.1, 0.15) is 53.7 Å². The van der Waals surface area contributed by atoms with Gasteiger partial charge >= 0.3 is 12.4 Å². The Balaban J connectivity index is 0.000000167. The van der Waals surface area contributed by atoms with Crippen molar-refractivity contribution in [2.75, 3.05) is 0 Å². The summed E-state index contributed by atoms with van der Waals surface area (Å²) in [6, 6.07) is 85.2. The van der Waals surface area contributed by atoms with Gasteiger partial charge in [-0.15, -0.1) is 0 Å². The zero-order chi connectivity index (χ0) is 52.6. The molecule has 0 radical (unpaired) electrons. The molecule has 0 amide bonds. The van der Waals surface area contributed by atoms with Crippen molar-refractivity contribution in [1.29, 1.82) is 0 Å². The van der Waals surface area contributed by atoms with E-state index in [4.69, 9.17) is 0 Å². The third-order valence-electron chi connectivity index (χ3n) is 12.7. The molecule has 0 spiro atoms. The summed E-state index contributed by atoms with van der Waals surface area (Å²) in [5.41, 5.74) is 2.28. The Hall–Kier alpha value is -6.80. The van der Waals surface area contributed by atoms with Gasteiger partial charge in [-0.25, -0.2) is 0 Å². The molecule has 0 aliphatic rings. The van der Waals surface area contributed by atoms with Crippen LogP contribution in [0.25, 0.3) is 0 Å². The van der Waals surface area contributed by atoms with Crippen molar-refractivity contribution in [3.8, 4) is 5.75 Å². The molecule has 0 heterocycles. The van der Waals surface area contributed by atoms with Crippen LogP contribution in [0.4, 0.5) is 26.3 Å². The molecule has 0 aliphatic carbocycles. The van der Waals surface area contributed by atoms with Gasteiger partial charge in [-0.2, -0.15) is 26.3 Å². The van der Waals surface area contributed by atoms with E-state index in [2.05, 4.69) is 249 Å². The van der Waals surface area contributed by atoms with Crippen molar-refractivity contribution in [2.45, 2.75) is 51.4 Å². The molecule has 3 nitrogen and oxygen atoms in total. The highest BCUT2D eigenvalue weighted by Gasteiger charge is 2.46. The zero-order valence-electron chi connectivity index (χ0n) is 41.0. The molecule has 376 valence electrons. The third-order valence-corrected chi connectivity index (χ3v) is 21.4. The minimum absolute atomic E-state index is 0.141. The van der Waals surface area contributed by atoms with Crippen molar-refractivity contribution in [3.05, 3.63) is 282 Å². The maximum Gasteiger partial charge on any atom is 0.416 e. The lowest BCUT2D eigenvalue weighted by Gasteiger charge is -2.28. The van der Waals surface area contributed by atoms with Crippen LogP contribution in [0.1, 0.15) is 47.2 Å². The topological polar surface area (TPSA) is 55.3 Å². The van der Waals surface area contributed by atoms with Crippen LogP contribution in [0.3, 0.4) is 0 Å². The Morgan fingerprint density at radius 2 is 0.581 bits per heavy atom. The van der Waals surface area contributed by atoms with Gasteiger partial charge in [-0.1, -0.05) is 172 Å². The predicted octanol–water partition coefficient (Wildman–Crippen LogP) is 12.3. The maximum absolute atomic E-state index is 12.3. The lowest BCUT2D eigenvalue weighted by molar-refractivity contribution is -0.372. The molecular weight excluding hydrogens is 979 g/mol. The molecule has 9 aromatic carbocycles. The van der Waals surface area contributed by atoms with Gasteiger partial charge < -0.3 is 14.7 Å². The average molecular weight is 1030 g/mol. The van der Waals surface area contributed by atoms with Crippen LogP contribution in [-0.4, -0.2) is 7.32 Å². The first-order valence-corrected chi connectivity index (χ1v) is 28.1. The molecule has 9 aromatic rings. The molecule has 0 saturated carbocycles. The molecule has 0 saturated heterocycles. The molecular formula is C62H55BF6O3P2. The van der Waals surface area contributed by atoms with Crippen molar-refractivity contribution >= 4 is 53.7 Å². The fourth-order valence-electron chi connectivity index (χ4n) is 8.95. The van der Waals surface area contributed by atoms with Gasteiger partial charge in [-0.3, -0.25) is 0 Å². The lowest BCUT2D eigenvalue weighted by Crippen LogP contribution is -2.50. The van der Waals surface area contributed by atoms with Crippen LogP contribution < -0.4 is 46.5 Å². The lowest BCUT2D eigenvalue weighted by atomic mass is 10.1. The van der Waals surface area contributed by atoms with Gasteiger partial charge in [0.2, 0.25) is 0 Å². The first-order chi connectivity index (χ1) is 35.6. The average Bonchev–Trinajstić information content (AvgIpc) is 3.44. The Bertz CT molecular complexity index is 2680. The summed E-state index contributed by atoms with van der Waals surface area (Å²) in [5.74, 6) is -1.08. The highest BCUT2D eigenvalue weighted by molar-refractivity contribution is 7.95. The first-order valence-electron chi connectivity index (χ1n) is 24.2. The summed E-state index contributed by atoms with van der Waals surface area (Å²) in [6.07, 6.45) is -5.88. The van der Waals surface area contributed by atoms with Crippen molar-refractivity contribution in [1.82, 2.24) is 0 Å². The van der Waals surface area contributed by atoms with E-state index < -0.39 is 51.1 Å². The fourth-order valence-corrected chi connectivity index (χ4v) is 17.4. The molecule has 0 atom stereocenters. The number of benzene rings is 9. The quantitative estimate of drug-likeness (QED) is 0.0619. The normalized spacial score (nSPS) is 11.6. The second-order valence-corrected chi connectivity index (χ2v) is 24.4. The van der Waals surface area contributed by atoms with E-state index >= 15 is 0 Å². The zero-order valence-corrected chi connectivity index (χ0v) is 42.8. The largest absolute Gasteiger partial charge is 0.860 e. The minimum atomic E-state index is -5.05. The number of aryl methyl sites for hydroxylation is 2. The summed E-state index contributed by atoms with van der Waals surface area (Å²) >= 11 is 0. The SMILES string of the molecule is CCc1ccc(C[P+](c2ccccc2)(c2ccccc2)c2ccccc2)cc1.CCc1ccc(C[P+](c2ccccc2)(c2ccccc2)c2ccccc2)cc1.[O-]B([O-])Oc1cc(C(F)(F)F)cc(C(F)(F)F)c1. The highest BCUT2D eigenvalue weighted by atomic mass is 31.2. The molecule has 0 N–H and O–H groups in total.